The maximum atomic E-state index is 6.45. The van der Waals surface area contributed by atoms with Crippen LogP contribution < -0.4 is 4.74 Å². The molecule has 0 radical (unpaired) electrons. The predicted octanol–water partition coefficient (Wildman–Crippen LogP) is 3.85. The topological polar surface area (TPSA) is 51.9 Å². The Kier molecular flexibility index (Phi) is 7.75. The van der Waals surface area contributed by atoms with E-state index in [1.807, 2.05) is 19.3 Å². The van der Waals surface area contributed by atoms with Gasteiger partial charge >= 0.3 is 0 Å². The summed E-state index contributed by atoms with van der Waals surface area (Å²) < 4.78 is 6.90. The van der Waals surface area contributed by atoms with Gasteiger partial charge in [-0.3, -0.25) is 4.68 Å². The van der Waals surface area contributed by atoms with E-state index in [1.165, 1.54) is 0 Å². The molecular weight excluding hydrogens is 375 g/mol. The third-order valence-electron chi connectivity index (χ3n) is 4.05. The molecule has 0 aliphatic rings. The summed E-state index contributed by atoms with van der Waals surface area (Å²) in [5.41, 5.74) is 2.03. The molecule has 0 amide bonds. The van der Waals surface area contributed by atoms with Gasteiger partial charge in [-0.15, -0.1) is 0 Å². The van der Waals surface area contributed by atoms with Crippen LogP contribution in [0.3, 0.4) is 0 Å². The fraction of sp³-hybridized carbons (Fsp3) is 0.444. The van der Waals surface area contributed by atoms with Crippen molar-refractivity contribution in [3.63, 3.8) is 0 Å². The maximum absolute atomic E-state index is 6.45. The zero-order valence-electron chi connectivity index (χ0n) is 15.5. The molecule has 26 heavy (non-hydrogen) atoms. The number of ether oxygens (including phenoxy) is 1. The fourth-order valence-corrected chi connectivity index (χ4v) is 2.98. The van der Waals surface area contributed by atoms with E-state index in [0.717, 1.165) is 25.2 Å². The molecule has 0 aliphatic carbocycles. The molecule has 0 fully saturated rings. The van der Waals surface area contributed by atoms with Gasteiger partial charge in [0.15, 0.2) is 0 Å². The van der Waals surface area contributed by atoms with Crippen LogP contribution in [0.15, 0.2) is 29.7 Å². The van der Waals surface area contributed by atoms with Crippen LogP contribution in [0.1, 0.15) is 25.0 Å². The lowest BCUT2D eigenvalue weighted by Gasteiger charge is -2.17. The van der Waals surface area contributed by atoms with E-state index < -0.39 is 0 Å². The Balaban J connectivity index is 2.31. The number of nitrogens with zero attached hydrogens (tertiary/aromatic N) is 4. The molecule has 0 N–H and O–H groups in total. The highest BCUT2D eigenvalue weighted by molar-refractivity contribution is 6.45. The van der Waals surface area contributed by atoms with E-state index in [2.05, 4.69) is 29.0 Å². The Morgan fingerprint density at radius 1 is 1.23 bits per heavy atom. The molecule has 6 nitrogen and oxygen atoms in total. The molecule has 0 unspecified atom stereocenters. The quantitative estimate of drug-likeness (QED) is 0.365. The minimum absolute atomic E-state index is 0.339. The first kappa shape index (κ1) is 20.6. The number of oxime groups is 1. The summed E-state index contributed by atoms with van der Waals surface area (Å²) in [6.45, 7) is 7.46. The Morgan fingerprint density at radius 3 is 2.54 bits per heavy atom. The normalized spacial score (nSPS) is 11.9. The van der Waals surface area contributed by atoms with Gasteiger partial charge in [-0.05, 0) is 25.2 Å². The van der Waals surface area contributed by atoms with Gasteiger partial charge in [-0.2, -0.15) is 5.10 Å². The van der Waals surface area contributed by atoms with Gasteiger partial charge in [0.2, 0.25) is 0 Å². The first-order chi connectivity index (χ1) is 12.5. The number of methoxy groups -OCH3 is 1. The van der Waals surface area contributed by atoms with Crippen molar-refractivity contribution in [3.8, 4) is 5.75 Å². The smallest absolute Gasteiger partial charge is 0.139 e. The van der Waals surface area contributed by atoms with Crippen LogP contribution >= 0.6 is 23.2 Å². The summed E-state index contributed by atoms with van der Waals surface area (Å²) in [4.78, 5) is 7.84. The monoisotopic (exact) mass is 398 g/mol. The number of likely N-dealkylation sites (N-methyl/N-ethyl adjacent to an activating group) is 1. The molecule has 0 saturated heterocycles. The molecule has 8 heteroatoms. The van der Waals surface area contributed by atoms with E-state index in [4.69, 9.17) is 32.8 Å². The molecule has 142 valence electrons. The first-order valence-electron chi connectivity index (χ1n) is 8.45. The molecule has 0 saturated carbocycles. The van der Waals surface area contributed by atoms with Gasteiger partial charge in [0, 0.05) is 30.9 Å². The number of aryl methyl sites for hydroxylation is 1. The second kappa shape index (κ2) is 9.80. The summed E-state index contributed by atoms with van der Waals surface area (Å²) >= 11 is 12.7. The number of rotatable bonds is 9. The van der Waals surface area contributed by atoms with Crippen molar-refractivity contribution in [1.82, 2.24) is 14.7 Å². The fourth-order valence-electron chi connectivity index (χ4n) is 2.49. The number of aromatic nitrogens is 2. The first-order valence-corrected chi connectivity index (χ1v) is 9.21. The second-order valence-electron chi connectivity index (χ2n) is 5.65. The summed E-state index contributed by atoms with van der Waals surface area (Å²) in [5, 5.41) is 9.23. The minimum atomic E-state index is 0.339. The SMILES string of the molecule is CCN(CC)CCO/N=C(\c1cnn(C)c1)c1ccc(OC)c(Cl)c1Cl. The van der Waals surface area contributed by atoms with Crippen LogP contribution in [0.25, 0.3) is 0 Å². The molecule has 2 rings (SSSR count). The van der Waals surface area contributed by atoms with Crippen molar-refractivity contribution in [2.24, 2.45) is 12.2 Å². The largest absolute Gasteiger partial charge is 0.495 e. The zero-order chi connectivity index (χ0) is 19.1. The van der Waals surface area contributed by atoms with E-state index in [0.29, 0.717) is 33.7 Å². The number of halogens is 2. The highest BCUT2D eigenvalue weighted by Crippen LogP contribution is 2.35. The van der Waals surface area contributed by atoms with Crippen LogP contribution in [0.4, 0.5) is 0 Å². The van der Waals surface area contributed by atoms with Gasteiger partial charge in [-0.25, -0.2) is 0 Å². The lowest BCUT2D eigenvalue weighted by atomic mass is 10.1. The Bertz CT molecular complexity index is 758. The van der Waals surface area contributed by atoms with Gasteiger partial charge in [0.1, 0.15) is 23.1 Å². The van der Waals surface area contributed by atoms with Crippen molar-refractivity contribution >= 4 is 28.9 Å². The highest BCUT2D eigenvalue weighted by Gasteiger charge is 2.18. The number of benzene rings is 1. The minimum Gasteiger partial charge on any atom is -0.495 e. The standard InChI is InChI=1S/C18H24Cl2N4O2/c1-5-24(6-2)9-10-26-22-18(13-11-21-23(3)12-13)14-7-8-15(25-4)17(20)16(14)19/h7-8,11-12H,5-6,9-10H2,1-4H3/b22-18+. The molecular formula is C18H24Cl2N4O2. The number of hydrogen-bond acceptors (Lipinski definition) is 5. The van der Waals surface area contributed by atoms with Gasteiger partial charge in [-0.1, -0.05) is 42.2 Å². The summed E-state index contributed by atoms with van der Waals surface area (Å²) in [6.07, 6.45) is 3.56. The third kappa shape index (κ3) is 4.90. The lowest BCUT2D eigenvalue weighted by Crippen LogP contribution is -2.26. The number of hydrogen-bond donors (Lipinski definition) is 0. The van der Waals surface area contributed by atoms with Crippen molar-refractivity contribution < 1.29 is 9.57 Å². The Labute approximate surface area is 164 Å². The van der Waals surface area contributed by atoms with Gasteiger partial charge in [0.05, 0.1) is 18.3 Å². The molecule has 0 aliphatic heterocycles. The zero-order valence-corrected chi connectivity index (χ0v) is 17.0. The molecule has 1 aromatic carbocycles. The van der Waals surface area contributed by atoms with E-state index in [9.17, 15) is 0 Å². The average Bonchev–Trinajstić information content (AvgIpc) is 3.07. The van der Waals surface area contributed by atoms with E-state index >= 15 is 0 Å². The summed E-state index contributed by atoms with van der Waals surface area (Å²) in [5.74, 6) is 0.508. The van der Waals surface area contributed by atoms with Crippen LogP contribution in [-0.2, 0) is 11.9 Å². The molecule has 0 spiro atoms. The van der Waals surface area contributed by atoms with Crippen molar-refractivity contribution in [2.75, 3.05) is 33.4 Å². The lowest BCUT2D eigenvalue weighted by molar-refractivity contribution is 0.114. The van der Waals surface area contributed by atoms with Gasteiger partial charge in [0.25, 0.3) is 0 Å². The Morgan fingerprint density at radius 2 is 1.96 bits per heavy atom. The predicted molar refractivity (Wildman–Crippen MR) is 106 cm³/mol. The van der Waals surface area contributed by atoms with Crippen LogP contribution in [0.5, 0.6) is 5.75 Å². The van der Waals surface area contributed by atoms with E-state index in [1.54, 1.807) is 24.1 Å². The Hall–Kier alpha value is -1.76. The molecule has 1 heterocycles. The second-order valence-corrected chi connectivity index (χ2v) is 6.40. The average molecular weight is 399 g/mol. The molecule has 1 aromatic heterocycles. The van der Waals surface area contributed by atoms with Crippen molar-refractivity contribution in [2.45, 2.75) is 13.8 Å². The van der Waals surface area contributed by atoms with E-state index in [-0.39, 0.29) is 0 Å². The van der Waals surface area contributed by atoms with Crippen LogP contribution in [-0.4, -0.2) is 53.7 Å². The maximum Gasteiger partial charge on any atom is 0.139 e. The summed E-state index contributed by atoms with van der Waals surface area (Å²) in [6, 6.07) is 3.57. The highest BCUT2D eigenvalue weighted by atomic mass is 35.5. The van der Waals surface area contributed by atoms with Crippen molar-refractivity contribution in [1.29, 1.82) is 0 Å². The van der Waals surface area contributed by atoms with Crippen LogP contribution in [0, 0.1) is 0 Å². The molecule has 2 aromatic rings. The van der Waals surface area contributed by atoms with Gasteiger partial charge < -0.3 is 14.5 Å². The third-order valence-corrected chi connectivity index (χ3v) is 4.91. The van der Waals surface area contributed by atoms with Crippen LogP contribution in [0.2, 0.25) is 10.0 Å². The molecule has 0 atom stereocenters. The summed E-state index contributed by atoms with van der Waals surface area (Å²) in [7, 11) is 3.38. The van der Waals surface area contributed by atoms with Crippen molar-refractivity contribution in [3.05, 3.63) is 45.7 Å². The molecule has 0 bridgehead atoms.